The molecule has 2 rings (SSSR count). The smallest absolute Gasteiger partial charge is 0.237 e. The first-order valence-corrected chi connectivity index (χ1v) is 7.92. The van der Waals surface area contributed by atoms with E-state index in [-0.39, 0.29) is 11.2 Å². The average molecular weight is 337 g/mol. The fraction of sp³-hybridized carbons (Fsp3) is 0.188. The lowest BCUT2D eigenvalue weighted by molar-refractivity contribution is -0.115. The summed E-state index contributed by atoms with van der Waals surface area (Å²) in [5.41, 5.74) is 6.91. The van der Waals surface area contributed by atoms with Gasteiger partial charge in [0, 0.05) is 15.6 Å². The third kappa shape index (κ3) is 4.32. The molecule has 6 heteroatoms. The Bertz CT molecular complexity index is 662. The highest BCUT2D eigenvalue weighted by atomic mass is 35.5. The van der Waals surface area contributed by atoms with Gasteiger partial charge in [-0.3, -0.25) is 4.79 Å². The van der Waals surface area contributed by atoms with E-state index in [1.54, 1.807) is 25.3 Å². The molecule has 0 aliphatic rings. The van der Waals surface area contributed by atoms with Gasteiger partial charge >= 0.3 is 0 Å². The highest BCUT2D eigenvalue weighted by molar-refractivity contribution is 8.00. The molecule has 1 amide bonds. The molecule has 0 aliphatic heterocycles. The second-order valence-corrected chi connectivity index (χ2v) is 6.51. The summed E-state index contributed by atoms with van der Waals surface area (Å²) in [6, 6.07) is 12.5. The molecule has 3 N–H and O–H groups in total. The Balaban J connectivity index is 2.05. The minimum atomic E-state index is -0.271. The number of hydrogen-bond donors (Lipinski definition) is 2. The number of amides is 1. The van der Waals surface area contributed by atoms with Crippen molar-refractivity contribution >= 4 is 40.6 Å². The van der Waals surface area contributed by atoms with Crippen molar-refractivity contribution in [3.63, 3.8) is 0 Å². The van der Waals surface area contributed by atoms with Crippen LogP contribution in [0, 0.1) is 0 Å². The number of hydrogen-bond acceptors (Lipinski definition) is 4. The van der Waals surface area contributed by atoms with E-state index in [0.717, 1.165) is 4.90 Å². The molecule has 0 spiro atoms. The molecule has 0 heterocycles. The van der Waals surface area contributed by atoms with Crippen LogP contribution in [0.3, 0.4) is 0 Å². The molecule has 0 aliphatic carbocycles. The molecule has 0 radical (unpaired) electrons. The summed E-state index contributed by atoms with van der Waals surface area (Å²) in [7, 11) is 1.55. The van der Waals surface area contributed by atoms with Gasteiger partial charge in [-0.1, -0.05) is 11.6 Å². The van der Waals surface area contributed by atoms with E-state index in [4.69, 9.17) is 22.1 Å². The first kappa shape index (κ1) is 16.5. The van der Waals surface area contributed by atoms with Gasteiger partial charge in [0.25, 0.3) is 0 Å². The van der Waals surface area contributed by atoms with Crippen LogP contribution < -0.4 is 15.8 Å². The number of ether oxygens (including phenoxy) is 1. The third-order valence-electron chi connectivity index (χ3n) is 2.98. The van der Waals surface area contributed by atoms with Crippen molar-refractivity contribution in [2.75, 3.05) is 18.2 Å². The van der Waals surface area contributed by atoms with Gasteiger partial charge in [0.1, 0.15) is 5.75 Å². The van der Waals surface area contributed by atoms with E-state index in [2.05, 4.69) is 5.32 Å². The quantitative estimate of drug-likeness (QED) is 0.638. The standard InChI is InChI=1S/C16H17ClN2O2S/c1-10(22-13-6-4-12(18)5-7-13)16(20)19-14-9-11(17)3-8-15(14)21-2/h3-10H,18H2,1-2H3,(H,19,20). The van der Waals surface area contributed by atoms with Crippen LogP contribution in [-0.2, 0) is 4.79 Å². The number of rotatable bonds is 5. The van der Waals surface area contributed by atoms with Crippen LogP contribution in [0.4, 0.5) is 11.4 Å². The molecule has 0 fully saturated rings. The Labute approximate surface area is 139 Å². The summed E-state index contributed by atoms with van der Waals surface area (Å²) in [4.78, 5) is 13.3. The molecular weight excluding hydrogens is 320 g/mol. The summed E-state index contributed by atoms with van der Waals surface area (Å²) >= 11 is 7.41. The number of anilines is 2. The Morgan fingerprint density at radius 2 is 1.95 bits per heavy atom. The van der Waals surface area contributed by atoms with Crippen LogP contribution in [0.5, 0.6) is 5.75 Å². The normalized spacial score (nSPS) is 11.8. The molecule has 116 valence electrons. The second kappa shape index (κ2) is 7.42. The van der Waals surface area contributed by atoms with Gasteiger partial charge in [-0.25, -0.2) is 0 Å². The Kier molecular flexibility index (Phi) is 5.57. The van der Waals surface area contributed by atoms with Crippen molar-refractivity contribution in [2.45, 2.75) is 17.1 Å². The summed E-state index contributed by atoms with van der Waals surface area (Å²) < 4.78 is 5.22. The number of carbonyl (C=O) groups is 1. The van der Waals surface area contributed by atoms with Gasteiger partial charge < -0.3 is 15.8 Å². The van der Waals surface area contributed by atoms with Gasteiger partial charge in [-0.2, -0.15) is 0 Å². The third-order valence-corrected chi connectivity index (χ3v) is 4.33. The molecule has 0 bridgehead atoms. The van der Waals surface area contributed by atoms with E-state index in [1.807, 2.05) is 31.2 Å². The van der Waals surface area contributed by atoms with E-state index >= 15 is 0 Å². The minimum absolute atomic E-state index is 0.123. The lowest BCUT2D eigenvalue weighted by Crippen LogP contribution is -2.22. The van der Waals surface area contributed by atoms with Crippen molar-refractivity contribution < 1.29 is 9.53 Å². The van der Waals surface area contributed by atoms with E-state index in [0.29, 0.717) is 22.1 Å². The minimum Gasteiger partial charge on any atom is -0.495 e. The fourth-order valence-corrected chi connectivity index (χ4v) is 2.86. The van der Waals surface area contributed by atoms with Crippen LogP contribution in [0.15, 0.2) is 47.4 Å². The average Bonchev–Trinajstić information content (AvgIpc) is 2.49. The first-order chi connectivity index (χ1) is 10.5. The van der Waals surface area contributed by atoms with Gasteiger partial charge in [0.15, 0.2) is 0 Å². The molecule has 0 aromatic heterocycles. The molecule has 0 saturated carbocycles. The second-order valence-electron chi connectivity index (χ2n) is 4.66. The molecule has 0 saturated heterocycles. The number of nitrogens with two attached hydrogens (primary N) is 1. The molecule has 1 atom stereocenters. The van der Waals surface area contributed by atoms with Crippen LogP contribution in [0.2, 0.25) is 5.02 Å². The number of carbonyl (C=O) groups excluding carboxylic acids is 1. The maximum Gasteiger partial charge on any atom is 0.237 e. The van der Waals surface area contributed by atoms with Crippen molar-refractivity contribution in [1.82, 2.24) is 0 Å². The fourth-order valence-electron chi connectivity index (χ4n) is 1.82. The van der Waals surface area contributed by atoms with Gasteiger partial charge in [0.05, 0.1) is 18.0 Å². The van der Waals surface area contributed by atoms with Gasteiger partial charge in [0.2, 0.25) is 5.91 Å². The van der Waals surface area contributed by atoms with Gasteiger partial charge in [-0.05, 0) is 49.4 Å². The Hall–Kier alpha value is -1.85. The van der Waals surface area contributed by atoms with Crippen molar-refractivity contribution in [1.29, 1.82) is 0 Å². The van der Waals surface area contributed by atoms with E-state index in [9.17, 15) is 4.79 Å². The van der Waals surface area contributed by atoms with Gasteiger partial charge in [-0.15, -0.1) is 11.8 Å². The molecule has 22 heavy (non-hydrogen) atoms. The summed E-state index contributed by atoms with van der Waals surface area (Å²) in [6.45, 7) is 1.84. The van der Waals surface area contributed by atoms with E-state index < -0.39 is 0 Å². The number of nitrogens with one attached hydrogen (secondary N) is 1. The molecule has 2 aromatic rings. The Morgan fingerprint density at radius 1 is 1.27 bits per heavy atom. The summed E-state index contributed by atoms with van der Waals surface area (Å²) in [6.07, 6.45) is 0. The Morgan fingerprint density at radius 3 is 2.59 bits per heavy atom. The number of nitrogen functional groups attached to an aromatic ring is 1. The topological polar surface area (TPSA) is 64.3 Å². The monoisotopic (exact) mass is 336 g/mol. The van der Waals surface area contributed by atoms with Crippen LogP contribution in [0.1, 0.15) is 6.92 Å². The molecule has 2 aromatic carbocycles. The number of halogens is 1. The summed E-state index contributed by atoms with van der Waals surface area (Å²) in [5.74, 6) is 0.449. The summed E-state index contributed by atoms with van der Waals surface area (Å²) in [5, 5.41) is 3.11. The van der Waals surface area contributed by atoms with Crippen LogP contribution in [0.25, 0.3) is 0 Å². The number of thioether (sulfide) groups is 1. The zero-order chi connectivity index (χ0) is 16.1. The predicted octanol–water partition coefficient (Wildman–Crippen LogP) is 4.05. The SMILES string of the molecule is COc1ccc(Cl)cc1NC(=O)C(C)Sc1ccc(N)cc1. The van der Waals surface area contributed by atoms with Crippen molar-refractivity contribution in [2.24, 2.45) is 0 Å². The van der Waals surface area contributed by atoms with Crippen molar-refractivity contribution in [3.8, 4) is 5.75 Å². The van der Waals surface area contributed by atoms with Crippen LogP contribution in [-0.4, -0.2) is 18.3 Å². The number of methoxy groups -OCH3 is 1. The molecule has 1 unspecified atom stereocenters. The highest BCUT2D eigenvalue weighted by Crippen LogP contribution is 2.30. The largest absolute Gasteiger partial charge is 0.495 e. The lowest BCUT2D eigenvalue weighted by atomic mass is 10.3. The van der Waals surface area contributed by atoms with E-state index in [1.165, 1.54) is 11.8 Å². The van der Waals surface area contributed by atoms with Crippen molar-refractivity contribution in [3.05, 3.63) is 47.5 Å². The zero-order valence-corrected chi connectivity index (χ0v) is 13.9. The highest BCUT2D eigenvalue weighted by Gasteiger charge is 2.16. The van der Waals surface area contributed by atoms with Crippen LogP contribution >= 0.6 is 23.4 Å². The molecule has 4 nitrogen and oxygen atoms in total. The zero-order valence-electron chi connectivity index (χ0n) is 12.3. The lowest BCUT2D eigenvalue weighted by Gasteiger charge is -2.14. The maximum atomic E-state index is 12.3. The number of benzene rings is 2. The maximum absolute atomic E-state index is 12.3. The molecular formula is C16H17ClN2O2S. The first-order valence-electron chi connectivity index (χ1n) is 6.66. The predicted molar refractivity (Wildman–Crippen MR) is 92.8 cm³/mol.